The predicted molar refractivity (Wildman–Crippen MR) is 42.5 cm³/mol. The molecule has 0 fully saturated rings. The number of carbonyl (C=O) groups excluding carboxylic acids is 2. The number of esters is 2. The molecule has 0 N–H and O–H groups in total. The number of hydrogen-bond donors (Lipinski definition) is 0. The lowest BCUT2D eigenvalue weighted by molar-refractivity contribution is -0.161. The third-order valence-corrected chi connectivity index (χ3v) is 1.01. The van der Waals surface area contributed by atoms with Crippen LogP contribution in [0.5, 0.6) is 0 Å². The van der Waals surface area contributed by atoms with E-state index >= 15 is 0 Å². The van der Waals surface area contributed by atoms with Crippen LogP contribution >= 0.6 is 0 Å². The molecule has 0 aliphatic heterocycles. The summed E-state index contributed by atoms with van der Waals surface area (Å²) in [6.45, 7) is 4.85. The molecular weight excluding hydrogens is 160 g/mol. The molecule has 0 aromatic carbocycles. The first-order valence-corrected chi connectivity index (χ1v) is 3.91. The van der Waals surface area contributed by atoms with E-state index in [1.807, 2.05) is 0 Å². The molecule has 0 bridgehead atoms. The SMILES string of the molecule is CCC(=O)OCC(=O)OC(C)C. The number of hydrogen-bond acceptors (Lipinski definition) is 4. The van der Waals surface area contributed by atoms with Crippen LogP contribution in [0.4, 0.5) is 0 Å². The first kappa shape index (κ1) is 10.9. The molecule has 4 heteroatoms. The van der Waals surface area contributed by atoms with Crippen molar-refractivity contribution in [2.75, 3.05) is 6.61 Å². The first-order chi connectivity index (χ1) is 5.56. The summed E-state index contributed by atoms with van der Waals surface area (Å²) in [6.07, 6.45) is 0.104. The Morgan fingerprint density at radius 2 is 1.83 bits per heavy atom. The van der Waals surface area contributed by atoms with E-state index in [4.69, 9.17) is 4.74 Å². The van der Waals surface area contributed by atoms with E-state index in [1.54, 1.807) is 20.8 Å². The predicted octanol–water partition coefficient (Wildman–Crippen LogP) is 0.891. The van der Waals surface area contributed by atoms with Gasteiger partial charge in [0, 0.05) is 6.42 Å². The summed E-state index contributed by atoms with van der Waals surface area (Å²) in [7, 11) is 0. The second-order valence-corrected chi connectivity index (χ2v) is 2.55. The van der Waals surface area contributed by atoms with Gasteiger partial charge >= 0.3 is 11.9 Å². The highest BCUT2D eigenvalue weighted by atomic mass is 16.6. The third-order valence-electron chi connectivity index (χ3n) is 1.01. The van der Waals surface area contributed by atoms with Crippen molar-refractivity contribution in [3.05, 3.63) is 0 Å². The molecule has 0 amide bonds. The lowest BCUT2D eigenvalue weighted by atomic mass is 10.5. The van der Waals surface area contributed by atoms with Crippen molar-refractivity contribution in [2.45, 2.75) is 33.3 Å². The Morgan fingerprint density at radius 1 is 1.25 bits per heavy atom. The van der Waals surface area contributed by atoms with Gasteiger partial charge in [-0.05, 0) is 13.8 Å². The van der Waals surface area contributed by atoms with Crippen LogP contribution in [0, 0.1) is 0 Å². The summed E-state index contributed by atoms with van der Waals surface area (Å²) >= 11 is 0. The second kappa shape index (κ2) is 5.57. The Morgan fingerprint density at radius 3 is 2.25 bits per heavy atom. The molecule has 0 heterocycles. The van der Waals surface area contributed by atoms with Crippen molar-refractivity contribution in [3.63, 3.8) is 0 Å². The fourth-order valence-corrected chi connectivity index (χ4v) is 0.538. The topological polar surface area (TPSA) is 52.6 Å². The maximum Gasteiger partial charge on any atom is 0.344 e. The Kier molecular flexibility index (Phi) is 5.08. The van der Waals surface area contributed by atoms with Crippen LogP contribution in [0.25, 0.3) is 0 Å². The van der Waals surface area contributed by atoms with Crippen LogP contribution in [-0.4, -0.2) is 24.6 Å². The van der Waals surface area contributed by atoms with Crippen molar-refractivity contribution in [1.82, 2.24) is 0 Å². The minimum Gasteiger partial charge on any atom is -0.460 e. The molecule has 0 saturated heterocycles. The normalized spacial score (nSPS) is 9.67. The summed E-state index contributed by atoms with van der Waals surface area (Å²) in [5.74, 6) is -0.900. The van der Waals surface area contributed by atoms with Gasteiger partial charge in [0.1, 0.15) is 0 Å². The van der Waals surface area contributed by atoms with E-state index in [0.29, 0.717) is 0 Å². The quantitative estimate of drug-likeness (QED) is 0.594. The largest absolute Gasteiger partial charge is 0.460 e. The van der Waals surface area contributed by atoms with Crippen molar-refractivity contribution >= 4 is 11.9 Å². The lowest BCUT2D eigenvalue weighted by Gasteiger charge is -2.07. The molecule has 0 aromatic rings. The van der Waals surface area contributed by atoms with E-state index in [-0.39, 0.29) is 19.1 Å². The molecule has 0 radical (unpaired) electrons. The molecule has 0 spiro atoms. The zero-order valence-corrected chi connectivity index (χ0v) is 7.62. The van der Waals surface area contributed by atoms with Gasteiger partial charge in [-0.15, -0.1) is 0 Å². The van der Waals surface area contributed by atoms with Gasteiger partial charge in [0.05, 0.1) is 6.10 Å². The van der Waals surface area contributed by atoms with Crippen LogP contribution in [0.15, 0.2) is 0 Å². The van der Waals surface area contributed by atoms with Gasteiger partial charge in [-0.3, -0.25) is 4.79 Å². The van der Waals surface area contributed by atoms with Gasteiger partial charge in [-0.25, -0.2) is 4.79 Å². The van der Waals surface area contributed by atoms with Crippen LogP contribution in [-0.2, 0) is 19.1 Å². The van der Waals surface area contributed by atoms with Crippen LogP contribution in [0.1, 0.15) is 27.2 Å². The molecule has 0 aliphatic rings. The van der Waals surface area contributed by atoms with Crippen LogP contribution < -0.4 is 0 Å². The molecular formula is C8H14O4. The Hall–Kier alpha value is -1.06. The van der Waals surface area contributed by atoms with E-state index < -0.39 is 11.9 Å². The Balaban J connectivity index is 3.51. The van der Waals surface area contributed by atoms with Crippen molar-refractivity contribution in [3.8, 4) is 0 Å². The molecule has 4 nitrogen and oxygen atoms in total. The fourth-order valence-electron chi connectivity index (χ4n) is 0.538. The van der Waals surface area contributed by atoms with Gasteiger partial charge in [-0.2, -0.15) is 0 Å². The Labute approximate surface area is 71.8 Å². The molecule has 0 saturated carbocycles. The van der Waals surface area contributed by atoms with Crippen molar-refractivity contribution in [1.29, 1.82) is 0 Å². The standard InChI is InChI=1S/C8H14O4/c1-4-7(9)11-5-8(10)12-6(2)3/h6H,4-5H2,1-3H3. The maximum atomic E-state index is 10.8. The maximum absolute atomic E-state index is 10.8. The smallest absolute Gasteiger partial charge is 0.344 e. The van der Waals surface area contributed by atoms with E-state index in [9.17, 15) is 9.59 Å². The van der Waals surface area contributed by atoms with Crippen LogP contribution in [0.3, 0.4) is 0 Å². The second-order valence-electron chi connectivity index (χ2n) is 2.55. The Bertz CT molecular complexity index is 162. The number of rotatable bonds is 4. The average Bonchev–Trinajstić information content (AvgIpc) is 1.99. The highest BCUT2D eigenvalue weighted by molar-refractivity contribution is 5.76. The lowest BCUT2D eigenvalue weighted by Crippen LogP contribution is -2.19. The fraction of sp³-hybridized carbons (Fsp3) is 0.750. The zero-order chi connectivity index (χ0) is 9.56. The number of carbonyl (C=O) groups is 2. The van der Waals surface area contributed by atoms with Gasteiger partial charge < -0.3 is 9.47 Å². The molecule has 0 aromatic heterocycles. The van der Waals surface area contributed by atoms with Gasteiger partial charge in [0.15, 0.2) is 6.61 Å². The highest BCUT2D eigenvalue weighted by Gasteiger charge is 2.07. The molecule has 12 heavy (non-hydrogen) atoms. The molecule has 0 atom stereocenters. The monoisotopic (exact) mass is 174 g/mol. The molecule has 0 aliphatic carbocycles. The summed E-state index contributed by atoms with van der Waals surface area (Å²) in [4.78, 5) is 21.3. The summed E-state index contributed by atoms with van der Waals surface area (Å²) in [5, 5.41) is 0. The van der Waals surface area contributed by atoms with Gasteiger partial charge in [0.25, 0.3) is 0 Å². The van der Waals surface area contributed by atoms with Crippen LogP contribution in [0.2, 0.25) is 0 Å². The highest BCUT2D eigenvalue weighted by Crippen LogP contribution is 1.91. The summed E-state index contributed by atoms with van der Waals surface area (Å²) in [5.41, 5.74) is 0. The number of ether oxygens (including phenoxy) is 2. The van der Waals surface area contributed by atoms with E-state index in [1.165, 1.54) is 0 Å². The van der Waals surface area contributed by atoms with Gasteiger partial charge in [-0.1, -0.05) is 6.92 Å². The summed E-state index contributed by atoms with van der Waals surface area (Å²) in [6, 6.07) is 0. The minimum absolute atomic E-state index is 0.169. The average molecular weight is 174 g/mol. The van der Waals surface area contributed by atoms with Gasteiger partial charge in [0.2, 0.25) is 0 Å². The minimum atomic E-state index is -0.508. The third kappa shape index (κ3) is 5.70. The van der Waals surface area contributed by atoms with E-state index in [0.717, 1.165) is 0 Å². The first-order valence-electron chi connectivity index (χ1n) is 3.91. The van der Waals surface area contributed by atoms with E-state index in [2.05, 4.69) is 4.74 Å². The molecule has 0 rings (SSSR count). The van der Waals surface area contributed by atoms with Crippen molar-refractivity contribution < 1.29 is 19.1 Å². The zero-order valence-electron chi connectivity index (χ0n) is 7.62. The molecule has 70 valence electrons. The van der Waals surface area contributed by atoms with Crippen molar-refractivity contribution in [2.24, 2.45) is 0 Å². The summed E-state index contributed by atoms with van der Waals surface area (Å²) < 4.78 is 9.27. The molecule has 0 unspecified atom stereocenters.